The second-order valence-electron chi connectivity index (χ2n) is 5.15. The van der Waals surface area contributed by atoms with Gasteiger partial charge in [0.1, 0.15) is 5.75 Å². The summed E-state index contributed by atoms with van der Waals surface area (Å²) in [7, 11) is 0. The summed E-state index contributed by atoms with van der Waals surface area (Å²) < 4.78 is 0. The van der Waals surface area contributed by atoms with Crippen molar-refractivity contribution in [3.63, 3.8) is 0 Å². The van der Waals surface area contributed by atoms with E-state index in [4.69, 9.17) is 0 Å². The van der Waals surface area contributed by atoms with Crippen LogP contribution in [0.5, 0.6) is 5.75 Å². The minimum atomic E-state index is -0.401. The van der Waals surface area contributed by atoms with Crippen LogP contribution in [-0.2, 0) is 0 Å². The molecule has 3 rings (SSSR count). The van der Waals surface area contributed by atoms with Gasteiger partial charge in [0, 0.05) is 11.1 Å². The number of carbonyl (C=O) groups excluding carboxylic acids is 1. The second kappa shape index (κ2) is 6.33. The molecule has 1 aromatic heterocycles. The highest BCUT2D eigenvalue weighted by atomic mass is 16.3. The lowest BCUT2D eigenvalue weighted by atomic mass is 10.1. The van der Waals surface area contributed by atoms with E-state index in [1.54, 1.807) is 36.4 Å². The monoisotopic (exact) mass is 322 g/mol. The first-order valence-corrected chi connectivity index (χ1v) is 7.17. The summed E-state index contributed by atoms with van der Waals surface area (Å²) in [4.78, 5) is 23.2. The summed E-state index contributed by atoms with van der Waals surface area (Å²) in [5.41, 5.74) is 2.00. The Hall–Kier alpha value is -3.48. The highest BCUT2D eigenvalue weighted by Crippen LogP contribution is 2.27. The van der Waals surface area contributed by atoms with Gasteiger partial charge in [-0.2, -0.15) is 5.11 Å². The van der Waals surface area contributed by atoms with Gasteiger partial charge >= 0.3 is 0 Å². The Morgan fingerprint density at radius 2 is 1.62 bits per heavy atom. The summed E-state index contributed by atoms with van der Waals surface area (Å²) in [6.45, 7) is 1.49. The number of benzene rings is 2. The first-order chi connectivity index (χ1) is 11.5. The molecule has 3 aromatic rings. The summed E-state index contributed by atoms with van der Waals surface area (Å²) in [6.07, 6.45) is 0. The number of hydrogen-bond acceptors (Lipinski definition) is 5. The molecule has 120 valence electrons. The van der Waals surface area contributed by atoms with Crippen molar-refractivity contribution in [3.8, 4) is 17.0 Å². The van der Waals surface area contributed by atoms with Gasteiger partial charge in [-0.15, -0.1) is 5.11 Å². The van der Waals surface area contributed by atoms with Crippen LogP contribution in [0.2, 0.25) is 0 Å². The third-order valence-corrected chi connectivity index (χ3v) is 3.45. The molecule has 0 atom stereocenters. The topological polar surface area (TPSA) is 111 Å². The number of phenolic OH excluding ortho intramolecular Hbond substituents is 1. The lowest BCUT2D eigenvalue weighted by Gasteiger charge is -1.99. The Morgan fingerprint density at radius 3 is 2.25 bits per heavy atom. The van der Waals surface area contributed by atoms with Gasteiger partial charge < -0.3 is 5.11 Å². The third-order valence-electron chi connectivity index (χ3n) is 3.45. The van der Waals surface area contributed by atoms with E-state index in [9.17, 15) is 14.7 Å². The Balaban J connectivity index is 1.92. The first-order valence-electron chi connectivity index (χ1n) is 7.17. The van der Waals surface area contributed by atoms with Crippen LogP contribution in [0.15, 0.2) is 63.6 Å². The number of azo groups is 1. The maximum atomic E-state index is 11.9. The smallest absolute Gasteiger partial charge is 0.292 e. The zero-order valence-electron chi connectivity index (χ0n) is 12.8. The van der Waals surface area contributed by atoms with E-state index in [1.165, 1.54) is 19.1 Å². The summed E-state index contributed by atoms with van der Waals surface area (Å²) in [6, 6.07) is 13.0. The normalized spacial score (nSPS) is 11.0. The molecular weight excluding hydrogens is 308 g/mol. The lowest BCUT2D eigenvalue weighted by Crippen LogP contribution is -1.96. The van der Waals surface area contributed by atoms with Crippen molar-refractivity contribution in [2.45, 2.75) is 6.92 Å². The second-order valence-corrected chi connectivity index (χ2v) is 5.15. The molecule has 0 spiro atoms. The van der Waals surface area contributed by atoms with Gasteiger partial charge in [-0.1, -0.05) is 0 Å². The number of aromatic hydroxyl groups is 1. The van der Waals surface area contributed by atoms with Gasteiger partial charge in [0.05, 0.1) is 11.4 Å². The fourth-order valence-corrected chi connectivity index (χ4v) is 2.15. The van der Waals surface area contributed by atoms with Crippen LogP contribution in [0.3, 0.4) is 0 Å². The number of aromatic nitrogens is 2. The van der Waals surface area contributed by atoms with Gasteiger partial charge in [-0.3, -0.25) is 19.8 Å². The Labute approximate surface area is 136 Å². The molecule has 0 aliphatic heterocycles. The van der Waals surface area contributed by atoms with Crippen LogP contribution in [-0.4, -0.2) is 21.1 Å². The number of rotatable bonds is 4. The van der Waals surface area contributed by atoms with Crippen LogP contribution in [0, 0.1) is 0 Å². The van der Waals surface area contributed by atoms with Crippen molar-refractivity contribution < 1.29 is 9.90 Å². The molecule has 0 saturated heterocycles. The number of nitrogens with one attached hydrogen (secondary N) is 2. The number of H-pyrrole nitrogens is 2. The molecule has 0 bridgehead atoms. The number of aromatic amines is 2. The average Bonchev–Trinajstić information content (AvgIpc) is 2.95. The van der Waals surface area contributed by atoms with E-state index in [2.05, 4.69) is 20.4 Å². The molecule has 0 unspecified atom stereocenters. The molecule has 7 heteroatoms. The summed E-state index contributed by atoms with van der Waals surface area (Å²) >= 11 is 0. The summed E-state index contributed by atoms with van der Waals surface area (Å²) in [5.74, 6) is 0.0977. The molecule has 0 aliphatic carbocycles. The van der Waals surface area contributed by atoms with E-state index < -0.39 is 5.56 Å². The summed E-state index contributed by atoms with van der Waals surface area (Å²) in [5, 5.41) is 22.6. The highest BCUT2D eigenvalue weighted by Gasteiger charge is 2.11. The van der Waals surface area contributed by atoms with Crippen LogP contribution in [0.4, 0.5) is 11.4 Å². The maximum absolute atomic E-state index is 11.9. The average molecular weight is 322 g/mol. The van der Waals surface area contributed by atoms with Crippen molar-refractivity contribution in [2.24, 2.45) is 10.2 Å². The van der Waals surface area contributed by atoms with Crippen LogP contribution >= 0.6 is 0 Å². The van der Waals surface area contributed by atoms with Crippen molar-refractivity contribution in [1.82, 2.24) is 10.2 Å². The quantitative estimate of drug-likeness (QED) is 0.503. The van der Waals surface area contributed by atoms with Crippen molar-refractivity contribution in [3.05, 3.63) is 64.4 Å². The lowest BCUT2D eigenvalue weighted by molar-refractivity contribution is 0.101. The predicted octanol–water partition coefficient (Wildman–Crippen LogP) is 3.69. The Bertz CT molecular complexity index is 951. The molecule has 0 saturated carbocycles. The van der Waals surface area contributed by atoms with E-state index in [0.29, 0.717) is 22.5 Å². The number of phenols is 1. The van der Waals surface area contributed by atoms with Crippen LogP contribution in [0.25, 0.3) is 11.3 Å². The van der Waals surface area contributed by atoms with Gasteiger partial charge in [0.25, 0.3) is 5.56 Å². The fourth-order valence-electron chi connectivity index (χ4n) is 2.15. The molecule has 24 heavy (non-hydrogen) atoms. The molecule has 2 aromatic carbocycles. The zero-order chi connectivity index (χ0) is 17.1. The van der Waals surface area contributed by atoms with Crippen molar-refractivity contribution in [2.75, 3.05) is 0 Å². The van der Waals surface area contributed by atoms with E-state index in [0.717, 1.165) is 0 Å². The molecule has 0 aliphatic rings. The number of carbonyl (C=O) groups is 1. The molecule has 0 fully saturated rings. The van der Waals surface area contributed by atoms with E-state index in [1.807, 2.05) is 0 Å². The van der Waals surface area contributed by atoms with Crippen molar-refractivity contribution in [1.29, 1.82) is 0 Å². The minimum Gasteiger partial charge on any atom is -0.508 e. The van der Waals surface area contributed by atoms with Crippen molar-refractivity contribution >= 4 is 17.2 Å². The standard InChI is InChI=1S/C17H14N4O3/c1-10(22)11-2-6-13(7-3-11)18-20-16-15(19-21-17(16)24)12-4-8-14(23)9-5-12/h2-9,23H,1H3,(H2,19,21,24). The van der Waals surface area contributed by atoms with Gasteiger partial charge in [0.2, 0.25) is 0 Å². The maximum Gasteiger partial charge on any atom is 0.292 e. The van der Waals surface area contributed by atoms with Gasteiger partial charge in [0.15, 0.2) is 11.5 Å². The molecular formula is C17H14N4O3. The third kappa shape index (κ3) is 3.14. The molecule has 0 radical (unpaired) electrons. The minimum absolute atomic E-state index is 0.0322. The Morgan fingerprint density at radius 1 is 0.958 bits per heavy atom. The number of Topliss-reactive ketones (excluding diaryl/α,β-unsaturated/α-hetero) is 1. The van der Waals surface area contributed by atoms with E-state index >= 15 is 0 Å². The highest BCUT2D eigenvalue weighted by molar-refractivity contribution is 5.94. The van der Waals surface area contributed by atoms with Crippen LogP contribution in [0.1, 0.15) is 17.3 Å². The number of nitrogens with zero attached hydrogens (tertiary/aromatic N) is 2. The molecule has 7 nitrogen and oxygen atoms in total. The molecule has 0 amide bonds. The predicted molar refractivity (Wildman–Crippen MR) is 89.1 cm³/mol. The molecule has 1 heterocycles. The van der Waals surface area contributed by atoms with E-state index in [-0.39, 0.29) is 17.2 Å². The fraction of sp³-hybridized carbons (Fsp3) is 0.0588. The Kier molecular flexibility index (Phi) is 4.07. The molecule has 3 N–H and O–H groups in total. The number of hydrogen-bond donors (Lipinski definition) is 3. The zero-order valence-corrected chi connectivity index (χ0v) is 12.8. The first kappa shape index (κ1) is 15.4. The SMILES string of the molecule is CC(=O)c1ccc(N=Nc2c(-c3ccc(O)cc3)[nH][nH]c2=O)cc1. The van der Waals surface area contributed by atoms with Crippen LogP contribution < -0.4 is 5.56 Å². The number of ketones is 1. The largest absolute Gasteiger partial charge is 0.508 e. The van der Waals surface area contributed by atoms with Gasteiger partial charge in [-0.25, -0.2) is 0 Å². The van der Waals surface area contributed by atoms with Gasteiger partial charge in [-0.05, 0) is 55.5 Å².